The van der Waals surface area contributed by atoms with Gasteiger partial charge in [-0.2, -0.15) is 5.10 Å². The largest absolute Gasteiger partial charge is 0.484 e. The lowest BCUT2D eigenvalue weighted by atomic mass is 10.2. The lowest BCUT2D eigenvalue weighted by Gasteiger charge is -2.35. The minimum absolute atomic E-state index is 0.00279. The smallest absolute Gasteiger partial charge is 0.260 e. The summed E-state index contributed by atoms with van der Waals surface area (Å²) in [5.41, 5.74) is 1.03. The molecule has 1 fully saturated rings. The van der Waals surface area contributed by atoms with E-state index in [0.29, 0.717) is 32.0 Å². The van der Waals surface area contributed by atoms with Gasteiger partial charge in [0.1, 0.15) is 5.75 Å². The van der Waals surface area contributed by atoms with Gasteiger partial charge in [0.2, 0.25) is 0 Å². The van der Waals surface area contributed by atoms with Gasteiger partial charge in [-0.15, -0.1) is 10.2 Å². The van der Waals surface area contributed by atoms with Crippen molar-refractivity contribution in [1.82, 2.24) is 24.9 Å². The third kappa shape index (κ3) is 3.95. The summed E-state index contributed by atoms with van der Waals surface area (Å²) in [5, 5.41) is 12.7. The second-order valence-corrected chi connectivity index (χ2v) is 6.62. The van der Waals surface area contributed by atoms with Gasteiger partial charge in [-0.3, -0.25) is 4.79 Å². The number of nitrogens with zero attached hydrogens (tertiary/aromatic N) is 6. The summed E-state index contributed by atoms with van der Waals surface area (Å²) in [6.45, 7) is 4.73. The van der Waals surface area contributed by atoms with Crippen LogP contribution in [0.1, 0.15) is 5.56 Å². The van der Waals surface area contributed by atoms with Crippen molar-refractivity contribution in [2.45, 2.75) is 6.92 Å². The number of ether oxygens (including phenoxy) is 1. The Morgan fingerprint density at radius 2 is 1.75 bits per heavy atom. The van der Waals surface area contributed by atoms with Crippen LogP contribution in [-0.4, -0.2) is 63.6 Å². The molecule has 0 aliphatic carbocycles. The standard InChI is InChI=1S/C20H22N6O2/c1-16-5-2-3-6-17(16)28-15-20(27)25-13-11-24(12-14-25)18-7-8-19(23-22-18)26-10-4-9-21-26/h2-10H,11-15H2,1H3. The predicted molar refractivity (Wildman–Crippen MR) is 105 cm³/mol. The van der Waals surface area contributed by atoms with Crippen LogP contribution < -0.4 is 9.64 Å². The van der Waals surface area contributed by atoms with Crippen LogP contribution in [0.3, 0.4) is 0 Å². The van der Waals surface area contributed by atoms with E-state index in [1.54, 1.807) is 10.9 Å². The molecule has 28 heavy (non-hydrogen) atoms. The highest BCUT2D eigenvalue weighted by Crippen LogP contribution is 2.17. The maximum atomic E-state index is 12.4. The van der Waals surface area contributed by atoms with Crippen LogP contribution >= 0.6 is 0 Å². The normalized spacial score (nSPS) is 14.2. The molecule has 0 saturated carbocycles. The highest BCUT2D eigenvalue weighted by molar-refractivity contribution is 5.78. The van der Waals surface area contributed by atoms with Crippen molar-refractivity contribution >= 4 is 11.7 Å². The molecule has 0 radical (unpaired) electrons. The van der Waals surface area contributed by atoms with Gasteiger partial charge in [-0.1, -0.05) is 18.2 Å². The average Bonchev–Trinajstić information content (AvgIpc) is 3.28. The third-order valence-corrected chi connectivity index (χ3v) is 4.78. The van der Waals surface area contributed by atoms with Gasteiger partial charge in [0.15, 0.2) is 18.2 Å². The Morgan fingerprint density at radius 3 is 2.43 bits per heavy atom. The van der Waals surface area contributed by atoms with E-state index in [2.05, 4.69) is 20.2 Å². The summed E-state index contributed by atoms with van der Waals surface area (Å²) >= 11 is 0. The summed E-state index contributed by atoms with van der Waals surface area (Å²) in [5.74, 6) is 2.24. The fourth-order valence-corrected chi connectivity index (χ4v) is 3.15. The fourth-order valence-electron chi connectivity index (χ4n) is 3.15. The van der Waals surface area contributed by atoms with Crippen LogP contribution in [-0.2, 0) is 4.79 Å². The molecule has 0 atom stereocenters. The van der Waals surface area contributed by atoms with Crippen molar-refractivity contribution in [3.63, 3.8) is 0 Å². The molecule has 1 amide bonds. The van der Waals surface area contributed by atoms with E-state index < -0.39 is 0 Å². The minimum Gasteiger partial charge on any atom is -0.484 e. The van der Waals surface area contributed by atoms with Crippen LogP contribution in [0.5, 0.6) is 5.75 Å². The zero-order chi connectivity index (χ0) is 19.3. The average molecular weight is 378 g/mol. The molecule has 3 aromatic rings. The molecule has 144 valence electrons. The number of benzene rings is 1. The topological polar surface area (TPSA) is 76.4 Å². The molecule has 1 saturated heterocycles. The molecule has 3 heterocycles. The van der Waals surface area contributed by atoms with Crippen LogP contribution in [0.15, 0.2) is 54.9 Å². The Kier molecular flexibility index (Phi) is 5.18. The van der Waals surface area contributed by atoms with Gasteiger partial charge >= 0.3 is 0 Å². The van der Waals surface area contributed by atoms with Crippen molar-refractivity contribution in [2.75, 3.05) is 37.7 Å². The summed E-state index contributed by atoms with van der Waals surface area (Å²) in [6, 6.07) is 13.4. The summed E-state index contributed by atoms with van der Waals surface area (Å²) in [6.07, 6.45) is 3.53. The predicted octanol–water partition coefficient (Wildman–Crippen LogP) is 1.70. The lowest BCUT2D eigenvalue weighted by Crippen LogP contribution is -2.50. The van der Waals surface area contributed by atoms with E-state index in [4.69, 9.17) is 4.74 Å². The van der Waals surface area contributed by atoms with Crippen molar-refractivity contribution in [2.24, 2.45) is 0 Å². The van der Waals surface area contributed by atoms with Gasteiger partial charge in [0.25, 0.3) is 5.91 Å². The first-order valence-corrected chi connectivity index (χ1v) is 9.25. The van der Waals surface area contributed by atoms with E-state index in [1.165, 1.54) is 0 Å². The Hall–Kier alpha value is -3.42. The van der Waals surface area contributed by atoms with Crippen LogP contribution in [0.25, 0.3) is 5.82 Å². The first-order valence-electron chi connectivity index (χ1n) is 9.25. The number of para-hydroxylation sites is 1. The molecule has 0 bridgehead atoms. The van der Waals surface area contributed by atoms with E-state index >= 15 is 0 Å². The minimum atomic E-state index is 0.00279. The second kappa shape index (κ2) is 8.08. The van der Waals surface area contributed by atoms with E-state index in [1.807, 2.05) is 60.5 Å². The molecule has 0 spiro atoms. The van der Waals surface area contributed by atoms with Crippen LogP contribution in [0.2, 0.25) is 0 Å². The first-order chi connectivity index (χ1) is 13.7. The van der Waals surface area contributed by atoms with Crippen molar-refractivity contribution in [1.29, 1.82) is 0 Å². The number of amides is 1. The fraction of sp³-hybridized carbons (Fsp3) is 0.300. The summed E-state index contributed by atoms with van der Waals surface area (Å²) in [4.78, 5) is 16.4. The summed E-state index contributed by atoms with van der Waals surface area (Å²) in [7, 11) is 0. The number of piperazine rings is 1. The molecule has 1 aromatic carbocycles. The van der Waals surface area contributed by atoms with E-state index in [-0.39, 0.29) is 12.5 Å². The van der Waals surface area contributed by atoms with Gasteiger partial charge < -0.3 is 14.5 Å². The SMILES string of the molecule is Cc1ccccc1OCC(=O)N1CCN(c2ccc(-n3cccn3)nn2)CC1. The number of aromatic nitrogens is 4. The molecule has 1 aliphatic heterocycles. The summed E-state index contributed by atoms with van der Waals surface area (Å²) < 4.78 is 7.34. The van der Waals surface area contributed by atoms with E-state index in [0.717, 1.165) is 17.1 Å². The number of anilines is 1. The third-order valence-electron chi connectivity index (χ3n) is 4.78. The molecule has 0 unspecified atom stereocenters. The Morgan fingerprint density at radius 1 is 1.00 bits per heavy atom. The number of carbonyl (C=O) groups is 1. The number of hydrogen-bond acceptors (Lipinski definition) is 6. The number of aryl methyl sites for hydroxylation is 1. The molecular formula is C20H22N6O2. The second-order valence-electron chi connectivity index (χ2n) is 6.62. The molecule has 4 rings (SSSR count). The van der Waals surface area contributed by atoms with Crippen molar-refractivity contribution in [3.8, 4) is 11.6 Å². The van der Waals surface area contributed by atoms with E-state index in [9.17, 15) is 4.79 Å². The molecule has 2 aromatic heterocycles. The molecular weight excluding hydrogens is 356 g/mol. The highest BCUT2D eigenvalue weighted by atomic mass is 16.5. The molecule has 8 heteroatoms. The van der Waals surface area contributed by atoms with Gasteiger partial charge in [-0.25, -0.2) is 4.68 Å². The monoisotopic (exact) mass is 378 g/mol. The molecule has 8 nitrogen and oxygen atoms in total. The first kappa shape index (κ1) is 18.0. The number of carbonyl (C=O) groups excluding carboxylic acids is 1. The maximum Gasteiger partial charge on any atom is 0.260 e. The van der Waals surface area contributed by atoms with Crippen molar-refractivity contribution in [3.05, 3.63) is 60.4 Å². The van der Waals surface area contributed by atoms with Crippen molar-refractivity contribution < 1.29 is 9.53 Å². The quantitative estimate of drug-likeness (QED) is 0.673. The number of hydrogen-bond donors (Lipinski definition) is 0. The van der Waals surface area contributed by atoms with Gasteiger partial charge in [0, 0.05) is 38.6 Å². The molecule has 1 aliphatic rings. The maximum absolute atomic E-state index is 12.4. The number of rotatable bonds is 5. The van der Waals surface area contributed by atoms with Gasteiger partial charge in [-0.05, 0) is 36.8 Å². The van der Waals surface area contributed by atoms with Crippen LogP contribution in [0, 0.1) is 6.92 Å². The molecule has 0 N–H and O–H groups in total. The Balaban J connectivity index is 1.29. The lowest BCUT2D eigenvalue weighted by molar-refractivity contribution is -0.133. The zero-order valence-corrected chi connectivity index (χ0v) is 15.7. The van der Waals surface area contributed by atoms with Crippen LogP contribution in [0.4, 0.5) is 5.82 Å². The zero-order valence-electron chi connectivity index (χ0n) is 15.7. The van der Waals surface area contributed by atoms with Gasteiger partial charge in [0.05, 0.1) is 0 Å². The highest BCUT2D eigenvalue weighted by Gasteiger charge is 2.22. The Labute approximate surface area is 163 Å². The Bertz CT molecular complexity index is 918.